The van der Waals surface area contributed by atoms with Gasteiger partial charge >= 0.3 is 12.0 Å². The minimum absolute atomic E-state index is 0.0734. The predicted molar refractivity (Wildman–Crippen MR) is 70.7 cm³/mol. The second-order valence-electron chi connectivity index (χ2n) is 4.34. The van der Waals surface area contributed by atoms with Crippen LogP contribution in [-0.2, 0) is 11.3 Å². The molecule has 0 bridgehead atoms. The molecule has 19 heavy (non-hydrogen) atoms. The molecule has 0 aliphatic carbocycles. The Bertz CT molecular complexity index is 431. The Balaban J connectivity index is 2.38. The summed E-state index contributed by atoms with van der Waals surface area (Å²) in [5.41, 5.74) is 1.81. The Kier molecular flexibility index (Phi) is 5.78. The molecule has 1 unspecified atom stereocenters. The van der Waals surface area contributed by atoms with E-state index in [9.17, 15) is 9.59 Å². The maximum absolute atomic E-state index is 11.6. The maximum Gasteiger partial charge on any atom is 0.315 e. The zero-order chi connectivity index (χ0) is 14.3. The SMILES string of the molecule is CCC(CC(=O)O)NC(=O)NCc1ccc(C)nc1. The fourth-order valence-corrected chi connectivity index (χ4v) is 1.53. The molecule has 1 heterocycles. The fraction of sp³-hybridized carbons (Fsp3) is 0.462. The molecule has 0 fully saturated rings. The van der Waals surface area contributed by atoms with Crippen LogP contribution in [0.3, 0.4) is 0 Å². The highest BCUT2D eigenvalue weighted by Gasteiger charge is 2.13. The van der Waals surface area contributed by atoms with Crippen LogP contribution in [-0.4, -0.2) is 28.1 Å². The van der Waals surface area contributed by atoms with E-state index in [0.29, 0.717) is 13.0 Å². The minimum atomic E-state index is -0.921. The topological polar surface area (TPSA) is 91.3 Å². The van der Waals surface area contributed by atoms with Crippen LogP contribution in [0.25, 0.3) is 0 Å². The molecule has 1 aromatic heterocycles. The van der Waals surface area contributed by atoms with Crippen molar-refractivity contribution >= 4 is 12.0 Å². The molecule has 0 aliphatic heterocycles. The summed E-state index contributed by atoms with van der Waals surface area (Å²) in [6, 6.07) is 3.04. The highest BCUT2D eigenvalue weighted by atomic mass is 16.4. The van der Waals surface area contributed by atoms with Gasteiger partial charge in [-0.05, 0) is 25.0 Å². The van der Waals surface area contributed by atoms with Crippen molar-refractivity contribution in [1.82, 2.24) is 15.6 Å². The molecule has 2 amide bonds. The number of nitrogens with one attached hydrogen (secondary N) is 2. The lowest BCUT2D eigenvalue weighted by Crippen LogP contribution is -2.42. The van der Waals surface area contributed by atoms with E-state index in [1.165, 1.54) is 0 Å². The molecule has 3 N–H and O–H groups in total. The van der Waals surface area contributed by atoms with E-state index in [1.54, 1.807) is 6.20 Å². The zero-order valence-corrected chi connectivity index (χ0v) is 11.1. The van der Waals surface area contributed by atoms with Gasteiger partial charge in [0.05, 0.1) is 6.42 Å². The van der Waals surface area contributed by atoms with Gasteiger partial charge in [0.25, 0.3) is 0 Å². The summed E-state index contributed by atoms with van der Waals surface area (Å²) < 4.78 is 0. The van der Waals surface area contributed by atoms with Crippen LogP contribution in [0.2, 0.25) is 0 Å². The van der Waals surface area contributed by atoms with Crippen molar-refractivity contribution in [1.29, 1.82) is 0 Å². The third-order valence-corrected chi connectivity index (χ3v) is 2.67. The standard InChI is InChI=1S/C13H19N3O3/c1-3-11(6-12(17)18)16-13(19)15-8-10-5-4-9(2)14-7-10/h4-5,7,11H,3,6,8H2,1-2H3,(H,17,18)(H2,15,16,19). The van der Waals surface area contributed by atoms with E-state index >= 15 is 0 Å². The molecular weight excluding hydrogens is 246 g/mol. The normalized spacial score (nSPS) is 11.7. The third-order valence-electron chi connectivity index (χ3n) is 2.67. The molecule has 1 rings (SSSR count). The molecule has 0 saturated heterocycles. The lowest BCUT2D eigenvalue weighted by Gasteiger charge is -2.15. The third kappa shape index (κ3) is 5.85. The second-order valence-corrected chi connectivity index (χ2v) is 4.34. The Morgan fingerprint density at radius 2 is 2.16 bits per heavy atom. The number of aliphatic carboxylic acids is 1. The highest BCUT2D eigenvalue weighted by molar-refractivity contribution is 5.75. The number of carboxylic acids is 1. The Hall–Kier alpha value is -2.11. The van der Waals surface area contributed by atoms with Crippen LogP contribution in [0.5, 0.6) is 0 Å². The van der Waals surface area contributed by atoms with Crippen molar-refractivity contribution < 1.29 is 14.7 Å². The molecule has 1 aromatic rings. The summed E-state index contributed by atoms with van der Waals surface area (Å²) in [5, 5.41) is 14.0. The summed E-state index contributed by atoms with van der Waals surface area (Å²) in [5.74, 6) is -0.921. The number of hydrogen-bond acceptors (Lipinski definition) is 3. The van der Waals surface area contributed by atoms with E-state index in [4.69, 9.17) is 5.11 Å². The van der Waals surface area contributed by atoms with Crippen LogP contribution >= 0.6 is 0 Å². The molecule has 1 atom stereocenters. The summed E-state index contributed by atoms with van der Waals surface area (Å²) in [6.07, 6.45) is 2.20. The van der Waals surface area contributed by atoms with E-state index in [-0.39, 0.29) is 18.5 Å². The average Bonchev–Trinajstić information content (AvgIpc) is 2.36. The number of carbonyl (C=O) groups excluding carboxylic acids is 1. The second kappa shape index (κ2) is 7.35. The predicted octanol–water partition coefficient (Wildman–Crippen LogP) is 1.44. The lowest BCUT2D eigenvalue weighted by molar-refractivity contribution is -0.137. The van der Waals surface area contributed by atoms with Crippen LogP contribution in [0.4, 0.5) is 4.79 Å². The summed E-state index contributed by atoms with van der Waals surface area (Å²) in [6.45, 7) is 4.09. The largest absolute Gasteiger partial charge is 0.481 e. The van der Waals surface area contributed by atoms with E-state index in [1.807, 2.05) is 26.0 Å². The van der Waals surface area contributed by atoms with E-state index in [2.05, 4.69) is 15.6 Å². The quantitative estimate of drug-likeness (QED) is 0.726. The fourth-order valence-electron chi connectivity index (χ4n) is 1.53. The molecule has 104 valence electrons. The first kappa shape index (κ1) is 14.9. The molecule has 0 radical (unpaired) electrons. The molecule has 6 nitrogen and oxygen atoms in total. The summed E-state index contributed by atoms with van der Waals surface area (Å²) in [7, 11) is 0. The van der Waals surface area contributed by atoms with Gasteiger partial charge in [-0.2, -0.15) is 0 Å². The number of nitrogens with zero attached hydrogens (tertiary/aromatic N) is 1. The number of carbonyl (C=O) groups is 2. The molecule has 0 aliphatic rings. The Morgan fingerprint density at radius 1 is 1.42 bits per heavy atom. The molecule has 0 saturated carbocycles. The first-order valence-electron chi connectivity index (χ1n) is 6.19. The number of urea groups is 1. The number of rotatable bonds is 6. The van der Waals surface area contributed by atoms with Gasteiger partial charge in [0, 0.05) is 24.5 Å². The van der Waals surface area contributed by atoms with Gasteiger partial charge < -0.3 is 15.7 Å². The van der Waals surface area contributed by atoms with Crippen LogP contribution in [0, 0.1) is 6.92 Å². The maximum atomic E-state index is 11.6. The monoisotopic (exact) mass is 265 g/mol. The first-order valence-corrected chi connectivity index (χ1v) is 6.19. The van der Waals surface area contributed by atoms with Crippen molar-refractivity contribution in [3.8, 4) is 0 Å². The molecule has 0 spiro atoms. The highest BCUT2D eigenvalue weighted by Crippen LogP contribution is 2.00. The number of aryl methyl sites for hydroxylation is 1. The average molecular weight is 265 g/mol. The van der Waals surface area contributed by atoms with Gasteiger partial charge in [-0.1, -0.05) is 13.0 Å². The number of amides is 2. The van der Waals surface area contributed by atoms with Gasteiger partial charge in [0.15, 0.2) is 0 Å². The van der Waals surface area contributed by atoms with Crippen molar-refractivity contribution in [2.24, 2.45) is 0 Å². The number of pyridine rings is 1. The number of hydrogen-bond donors (Lipinski definition) is 3. The molecule has 0 aromatic carbocycles. The van der Waals surface area contributed by atoms with Crippen LogP contribution in [0.15, 0.2) is 18.3 Å². The molecule has 6 heteroatoms. The summed E-state index contributed by atoms with van der Waals surface area (Å²) in [4.78, 5) is 26.3. The van der Waals surface area contributed by atoms with Gasteiger partial charge in [-0.25, -0.2) is 4.79 Å². The van der Waals surface area contributed by atoms with E-state index in [0.717, 1.165) is 11.3 Å². The van der Waals surface area contributed by atoms with Crippen LogP contribution < -0.4 is 10.6 Å². The van der Waals surface area contributed by atoms with Gasteiger partial charge in [0.1, 0.15) is 0 Å². The van der Waals surface area contributed by atoms with Crippen molar-refractivity contribution in [3.63, 3.8) is 0 Å². The molecular formula is C13H19N3O3. The number of carboxylic acid groups (broad SMARTS) is 1. The zero-order valence-electron chi connectivity index (χ0n) is 11.1. The van der Waals surface area contributed by atoms with Crippen molar-refractivity contribution in [3.05, 3.63) is 29.6 Å². The van der Waals surface area contributed by atoms with Crippen LogP contribution in [0.1, 0.15) is 31.0 Å². The first-order chi connectivity index (χ1) is 9.01. The van der Waals surface area contributed by atoms with Gasteiger partial charge in [-0.15, -0.1) is 0 Å². The lowest BCUT2D eigenvalue weighted by atomic mass is 10.1. The minimum Gasteiger partial charge on any atom is -0.481 e. The van der Waals surface area contributed by atoms with Gasteiger partial charge in [0.2, 0.25) is 0 Å². The van der Waals surface area contributed by atoms with Crippen molar-refractivity contribution in [2.75, 3.05) is 0 Å². The van der Waals surface area contributed by atoms with Crippen molar-refractivity contribution in [2.45, 2.75) is 39.3 Å². The summed E-state index contributed by atoms with van der Waals surface area (Å²) >= 11 is 0. The van der Waals surface area contributed by atoms with Gasteiger partial charge in [-0.3, -0.25) is 9.78 Å². The Morgan fingerprint density at radius 3 is 2.68 bits per heavy atom. The number of aromatic nitrogens is 1. The smallest absolute Gasteiger partial charge is 0.315 e. The van der Waals surface area contributed by atoms with E-state index < -0.39 is 5.97 Å². The Labute approximate surface area is 112 Å².